The van der Waals surface area contributed by atoms with Crippen molar-refractivity contribution >= 4 is 5.82 Å². The number of nitrogens with one attached hydrogen (secondary N) is 1. The van der Waals surface area contributed by atoms with Crippen LogP contribution in [0.2, 0.25) is 0 Å². The third kappa shape index (κ3) is 3.65. The lowest BCUT2D eigenvalue weighted by molar-refractivity contribution is 0.423. The van der Waals surface area contributed by atoms with Crippen LogP contribution in [-0.4, -0.2) is 9.97 Å². The molecule has 0 spiro atoms. The topological polar surface area (TPSA) is 70.8 Å². The quantitative estimate of drug-likeness (QED) is 0.772. The maximum Gasteiger partial charge on any atom is 0.224 e. The van der Waals surface area contributed by atoms with Crippen molar-refractivity contribution in [2.45, 2.75) is 6.54 Å². The number of ether oxygens (including phenoxy) is 1. The Bertz CT molecular complexity index is 892. The van der Waals surface area contributed by atoms with Crippen LogP contribution in [0.3, 0.4) is 0 Å². The smallest absolute Gasteiger partial charge is 0.224 e. The highest BCUT2D eigenvalue weighted by Crippen LogP contribution is 2.25. The number of aromatic nitrogens is 2. The number of pyridine rings is 2. The van der Waals surface area contributed by atoms with Gasteiger partial charge in [0, 0.05) is 24.5 Å². The second kappa shape index (κ2) is 7.20. The molecule has 118 valence electrons. The molecule has 0 radical (unpaired) electrons. The van der Waals surface area contributed by atoms with Gasteiger partial charge >= 0.3 is 0 Å². The number of para-hydroxylation sites is 1. The third-order valence-corrected chi connectivity index (χ3v) is 3.24. The molecule has 6 heteroatoms. The molecule has 0 aliphatic heterocycles. The standard InChI is InChI=1S/C18H13FN4O/c19-15-5-1-2-6-16(15)24-18-14(4-3-8-22-18)12-23-17-10-13(11-20)7-9-21-17/h1-10H,12H2,(H,21,23). The zero-order valence-corrected chi connectivity index (χ0v) is 12.6. The van der Waals surface area contributed by atoms with E-state index in [4.69, 9.17) is 10.00 Å². The second-order valence-electron chi connectivity index (χ2n) is 4.90. The fourth-order valence-corrected chi connectivity index (χ4v) is 2.06. The second-order valence-corrected chi connectivity index (χ2v) is 4.90. The summed E-state index contributed by atoms with van der Waals surface area (Å²) in [4.78, 5) is 8.31. The van der Waals surface area contributed by atoms with Gasteiger partial charge in [-0.25, -0.2) is 14.4 Å². The Hall–Kier alpha value is -3.46. The van der Waals surface area contributed by atoms with Crippen LogP contribution in [0.15, 0.2) is 60.9 Å². The summed E-state index contributed by atoms with van der Waals surface area (Å²) in [7, 11) is 0. The molecule has 3 aromatic rings. The van der Waals surface area contributed by atoms with E-state index in [1.165, 1.54) is 6.07 Å². The summed E-state index contributed by atoms with van der Waals surface area (Å²) in [6.45, 7) is 0.375. The maximum atomic E-state index is 13.7. The lowest BCUT2D eigenvalue weighted by atomic mass is 10.2. The molecule has 1 aromatic carbocycles. The predicted molar refractivity (Wildman–Crippen MR) is 87.0 cm³/mol. The van der Waals surface area contributed by atoms with E-state index >= 15 is 0 Å². The molecule has 2 heterocycles. The zero-order valence-electron chi connectivity index (χ0n) is 12.6. The molecule has 0 amide bonds. The number of nitriles is 1. The first-order valence-corrected chi connectivity index (χ1v) is 7.22. The van der Waals surface area contributed by atoms with Gasteiger partial charge in [0.05, 0.1) is 11.6 Å². The molecule has 0 fully saturated rings. The average molecular weight is 320 g/mol. The summed E-state index contributed by atoms with van der Waals surface area (Å²) in [6.07, 6.45) is 3.13. The Labute approximate surface area is 138 Å². The molecule has 24 heavy (non-hydrogen) atoms. The van der Waals surface area contributed by atoms with E-state index in [9.17, 15) is 4.39 Å². The van der Waals surface area contributed by atoms with Crippen molar-refractivity contribution in [3.05, 3.63) is 77.9 Å². The Morgan fingerprint density at radius 1 is 1.08 bits per heavy atom. The summed E-state index contributed by atoms with van der Waals surface area (Å²) in [5.41, 5.74) is 1.26. The van der Waals surface area contributed by atoms with Crippen LogP contribution in [0.1, 0.15) is 11.1 Å². The van der Waals surface area contributed by atoms with Crippen LogP contribution >= 0.6 is 0 Å². The van der Waals surface area contributed by atoms with E-state index in [0.29, 0.717) is 23.8 Å². The number of hydrogen-bond acceptors (Lipinski definition) is 5. The highest BCUT2D eigenvalue weighted by atomic mass is 19.1. The van der Waals surface area contributed by atoms with E-state index in [1.54, 1.807) is 48.8 Å². The van der Waals surface area contributed by atoms with Crippen LogP contribution in [0.25, 0.3) is 0 Å². The van der Waals surface area contributed by atoms with Crippen molar-refractivity contribution < 1.29 is 9.13 Å². The minimum absolute atomic E-state index is 0.113. The summed E-state index contributed by atoms with van der Waals surface area (Å²) >= 11 is 0. The lowest BCUT2D eigenvalue weighted by Crippen LogP contribution is -2.04. The van der Waals surface area contributed by atoms with Gasteiger partial charge in [-0.3, -0.25) is 0 Å². The van der Waals surface area contributed by atoms with Crippen LogP contribution in [0.4, 0.5) is 10.2 Å². The summed E-state index contributed by atoms with van der Waals surface area (Å²) in [5.74, 6) is 0.536. The molecular formula is C18H13FN4O. The largest absolute Gasteiger partial charge is 0.436 e. The summed E-state index contributed by atoms with van der Waals surface area (Å²) in [6, 6.07) is 15.1. The monoisotopic (exact) mass is 320 g/mol. The molecule has 0 saturated carbocycles. The molecule has 5 nitrogen and oxygen atoms in total. The highest BCUT2D eigenvalue weighted by Gasteiger charge is 2.09. The molecule has 0 aliphatic rings. The first kappa shape index (κ1) is 15.4. The Kier molecular flexibility index (Phi) is 4.63. The summed E-state index contributed by atoms with van der Waals surface area (Å²) < 4.78 is 19.3. The van der Waals surface area contributed by atoms with E-state index in [-0.39, 0.29) is 5.75 Å². The first-order chi connectivity index (χ1) is 11.8. The molecule has 0 atom stereocenters. The van der Waals surface area contributed by atoms with Crippen LogP contribution in [-0.2, 0) is 6.54 Å². The van der Waals surface area contributed by atoms with Crippen LogP contribution in [0.5, 0.6) is 11.6 Å². The molecule has 3 rings (SSSR count). The zero-order chi connectivity index (χ0) is 16.8. The Morgan fingerprint density at radius 2 is 1.96 bits per heavy atom. The lowest BCUT2D eigenvalue weighted by Gasteiger charge is -2.11. The van der Waals surface area contributed by atoms with Crippen molar-refractivity contribution in [1.82, 2.24) is 9.97 Å². The number of halogens is 1. The molecule has 0 unspecified atom stereocenters. The first-order valence-electron chi connectivity index (χ1n) is 7.22. The molecule has 0 aliphatic carbocycles. The number of rotatable bonds is 5. The molecule has 2 aromatic heterocycles. The van der Waals surface area contributed by atoms with Crippen LogP contribution in [0, 0.1) is 17.1 Å². The highest BCUT2D eigenvalue weighted by molar-refractivity contribution is 5.44. The molecule has 0 bridgehead atoms. The number of nitrogens with zero attached hydrogens (tertiary/aromatic N) is 3. The maximum absolute atomic E-state index is 13.7. The van der Waals surface area contributed by atoms with E-state index in [1.807, 2.05) is 6.07 Å². The van der Waals surface area contributed by atoms with Gasteiger partial charge in [-0.2, -0.15) is 5.26 Å². The summed E-state index contributed by atoms with van der Waals surface area (Å²) in [5, 5.41) is 12.0. The van der Waals surface area contributed by atoms with Crippen LogP contribution < -0.4 is 10.1 Å². The van der Waals surface area contributed by atoms with Crippen molar-refractivity contribution in [1.29, 1.82) is 5.26 Å². The predicted octanol–water partition coefficient (Wildman–Crippen LogP) is 3.89. The third-order valence-electron chi connectivity index (χ3n) is 3.24. The van der Waals surface area contributed by atoms with Crippen molar-refractivity contribution in [2.75, 3.05) is 5.32 Å². The van der Waals surface area contributed by atoms with Gasteiger partial charge in [-0.15, -0.1) is 0 Å². The van der Waals surface area contributed by atoms with Gasteiger partial charge < -0.3 is 10.1 Å². The van der Waals surface area contributed by atoms with Crippen molar-refractivity contribution in [3.8, 4) is 17.7 Å². The van der Waals surface area contributed by atoms with Gasteiger partial charge in [-0.05, 0) is 30.3 Å². The van der Waals surface area contributed by atoms with Gasteiger partial charge in [0.15, 0.2) is 11.6 Å². The molecule has 0 saturated heterocycles. The van der Waals surface area contributed by atoms with Gasteiger partial charge in [0.25, 0.3) is 0 Å². The van der Waals surface area contributed by atoms with E-state index < -0.39 is 5.82 Å². The normalized spacial score (nSPS) is 10.0. The van der Waals surface area contributed by atoms with Crippen molar-refractivity contribution in [2.24, 2.45) is 0 Å². The number of benzene rings is 1. The van der Waals surface area contributed by atoms with Crippen molar-refractivity contribution in [3.63, 3.8) is 0 Å². The Balaban J connectivity index is 1.77. The SMILES string of the molecule is N#Cc1ccnc(NCc2cccnc2Oc2ccccc2F)c1. The van der Waals surface area contributed by atoms with E-state index in [2.05, 4.69) is 21.4 Å². The van der Waals surface area contributed by atoms with Gasteiger partial charge in [0.2, 0.25) is 5.88 Å². The number of anilines is 1. The number of hydrogen-bond donors (Lipinski definition) is 1. The minimum Gasteiger partial charge on any atom is -0.436 e. The minimum atomic E-state index is -0.453. The van der Waals surface area contributed by atoms with Gasteiger partial charge in [0.1, 0.15) is 5.82 Å². The Morgan fingerprint density at radius 3 is 2.79 bits per heavy atom. The average Bonchev–Trinajstić information content (AvgIpc) is 2.63. The fraction of sp³-hybridized carbons (Fsp3) is 0.0556. The van der Waals surface area contributed by atoms with E-state index in [0.717, 1.165) is 5.56 Å². The molecular weight excluding hydrogens is 307 g/mol. The van der Waals surface area contributed by atoms with Gasteiger partial charge in [-0.1, -0.05) is 18.2 Å². The molecule has 1 N–H and O–H groups in total. The fourth-order valence-electron chi connectivity index (χ4n) is 2.06.